The third-order valence-electron chi connectivity index (χ3n) is 1.43. The summed E-state index contributed by atoms with van der Waals surface area (Å²) in [5.41, 5.74) is 1.52. The van der Waals surface area contributed by atoms with Gasteiger partial charge in [-0.25, -0.2) is 0 Å². The van der Waals surface area contributed by atoms with Crippen molar-refractivity contribution < 1.29 is 18.0 Å². The Morgan fingerprint density at radius 1 is 1.50 bits per heavy atom. The van der Waals surface area contributed by atoms with Crippen LogP contribution in [-0.2, 0) is 4.79 Å². The molecule has 0 saturated carbocycles. The molecule has 0 aromatic rings. The van der Waals surface area contributed by atoms with Crippen molar-refractivity contribution in [3.05, 3.63) is 29.0 Å². The molecule has 0 amide bonds. The van der Waals surface area contributed by atoms with Gasteiger partial charge in [0.25, 0.3) is 0 Å². The van der Waals surface area contributed by atoms with E-state index in [2.05, 4.69) is 0 Å². The Morgan fingerprint density at radius 2 is 2.17 bits per heavy atom. The summed E-state index contributed by atoms with van der Waals surface area (Å²) in [4.78, 5) is 10.1. The van der Waals surface area contributed by atoms with Crippen LogP contribution in [0.3, 0.4) is 0 Å². The number of allylic oxidation sites excluding steroid dienone is 3. The zero-order valence-corrected chi connectivity index (χ0v) is 5.98. The van der Waals surface area contributed by atoms with E-state index in [1.807, 2.05) is 5.73 Å². The van der Waals surface area contributed by atoms with Gasteiger partial charge >= 0.3 is 6.18 Å². The summed E-state index contributed by atoms with van der Waals surface area (Å²) in [5, 5.41) is 0. The van der Waals surface area contributed by atoms with Gasteiger partial charge < -0.3 is 0 Å². The van der Waals surface area contributed by atoms with Gasteiger partial charge in [-0.15, -0.1) is 5.73 Å². The van der Waals surface area contributed by atoms with Crippen LogP contribution >= 0.6 is 0 Å². The first-order valence-electron chi connectivity index (χ1n) is 3.22. The van der Waals surface area contributed by atoms with Crippen LogP contribution in [0.25, 0.3) is 0 Å². The summed E-state index contributed by atoms with van der Waals surface area (Å²) in [5.74, 6) is 0. The highest BCUT2D eigenvalue weighted by atomic mass is 19.4. The number of rotatable bonds is 1. The van der Waals surface area contributed by atoms with E-state index in [0.717, 1.165) is 6.08 Å². The van der Waals surface area contributed by atoms with E-state index >= 15 is 0 Å². The van der Waals surface area contributed by atoms with Crippen LogP contribution in [0.2, 0.25) is 0 Å². The van der Waals surface area contributed by atoms with Crippen LogP contribution in [0.15, 0.2) is 29.0 Å². The summed E-state index contributed by atoms with van der Waals surface area (Å²) in [6.45, 7) is 0. The lowest BCUT2D eigenvalue weighted by molar-refractivity contribution is -0.104. The lowest BCUT2D eigenvalue weighted by Gasteiger charge is -2.08. The summed E-state index contributed by atoms with van der Waals surface area (Å²) in [6, 6.07) is 0. The smallest absolute Gasteiger partial charge is 0.298 e. The molecule has 0 aliphatic heterocycles. The maximum atomic E-state index is 11.9. The molecule has 1 aliphatic rings. The third kappa shape index (κ3) is 1.86. The number of hydrogen-bond donors (Lipinski definition) is 0. The van der Waals surface area contributed by atoms with Crippen LogP contribution in [0.1, 0.15) is 6.42 Å². The second-order valence-electron chi connectivity index (χ2n) is 2.29. The van der Waals surface area contributed by atoms with Crippen molar-refractivity contribution in [2.24, 2.45) is 0 Å². The van der Waals surface area contributed by atoms with Crippen LogP contribution in [0.5, 0.6) is 0 Å². The average molecular weight is 174 g/mol. The molecule has 0 aromatic carbocycles. The number of aldehydes is 1. The molecule has 0 atom stereocenters. The highest BCUT2D eigenvalue weighted by Gasteiger charge is 2.33. The Morgan fingerprint density at radius 3 is 2.50 bits per heavy atom. The van der Waals surface area contributed by atoms with Crippen molar-refractivity contribution in [3.8, 4) is 0 Å². The quantitative estimate of drug-likeness (QED) is 0.439. The second-order valence-corrected chi connectivity index (χ2v) is 2.29. The molecule has 0 bridgehead atoms. The monoisotopic (exact) mass is 174 g/mol. The molecule has 1 aliphatic carbocycles. The molecular weight excluding hydrogens is 169 g/mol. The number of hydrogen-bond acceptors (Lipinski definition) is 1. The maximum absolute atomic E-state index is 11.9. The normalized spacial score (nSPS) is 16.9. The van der Waals surface area contributed by atoms with E-state index in [1.165, 1.54) is 6.08 Å². The lowest BCUT2D eigenvalue weighted by atomic mass is 10.1. The predicted molar refractivity (Wildman–Crippen MR) is 36.4 cm³/mol. The third-order valence-corrected chi connectivity index (χ3v) is 1.43. The molecule has 0 aromatic heterocycles. The number of halogens is 3. The minimum atomic E-state index is -4.33. The van der Waals surface area contributed by atoms with Crippen molar-refractivity contribution in [2.45, 2.75) is 12.6 Å². The van der Waals surface area contributed by atoms with Gasteiger partial charge in [0.05, 0.1) is 5.57 Å². The van der Waals surface area contributed by atoms with Gasteiger partial charge in [0.15, 0.2) is 0 Å². The highest BCUT2D eigenvalue weighted by Crippen LogP contribution is 2.29. The molecule has 0 heterocycles. The average Bonchev–Trinajstić information content (AvgIpc) is 2.03. The standard InChI is InChI=1S/C8H5F3O/c9-8(10,11)7-3-1-6(5-12)2-4-7/h1-2,5H,3H2. The van der Waals surface area contributed by atoms with Crippen LogP contribution in [0.4, 0.5) is 13.2 Å². The molecule has 0 radical (unpaired) electrons. The number of carbonyl (C=O) groups excluding carboxylic acids is 1. The summed E-state index contributed by atoms with van der Waals surface area (Å²) >= 11 is 0. The fraction of sp³-hybridized carbons (Fsp3) is 0.250. The molecular formula is C8H5F3O. The van der Waals surface area contributed by atoms with Crippen LogP contribution < -0.4 is 0 Å². The molecule has 0 fully saturated rings. The van der Waals surface area contributed by atoms with Crippen molar-refractivity contribution in [1.82, 2.24) is 0 Å². The topological polar surface area (TPSA) is 17.1 Å². The van der Waals surface area contributed by atoms with E-state index in [0.29, 0.717) is 6.29 Å². The predicted octanol–water partition coefficient (Wildman–Crippen LogP) is 2.16. The molecule has 4 heteroatoms. The Labute approximate surface area is 66.9 Å². The lowest BCUT2D eigenvalue weighted by Crippen LogP contribution is -2.11. The molecule has 0 spiro atoms. The first-order valence-corrected chi connectivity index (χ1v) is 3.22. The van der Waals surface area contributed by atoms with E-state index in [9.17, 15) is 18.0 Å². The fourth-order valence-electron chi connectivity index (χ4n) is 0.788. The van der Waals surface area contributed by atoms with Crippen LogP contribution in [-0.4, -0.2) is 12.5 Å². The van der Waals surface area contributed by atoms with Gasteiger partial charge in [-0.3, -0.25) is 4.79 Å². The molecule has 0 unspecified atom stereocenters. The van der Waals surface area contributed by atoms with Gasteiger partial charge in [-0.1, -0.05) is 6.08 Å². The van der Waals surface area contributed by atoms with E-state index < -0.39 is 11.7 Å². The van der Waals surface area contributed by atoms with Crippen molar-refractivity contribution in [2.75, 3.05) is 0 Å². The maximum Gasteiger partial charge on any atom is 0.420 e. The van der Waals surface area contributed by atoms with Crippen molar-refractivity contribution in [1.29, 1.82) is 0 Å². The molecule has 1 nitrogen and oxygen atoms in total. The first-order chi connectivity index (χ1) is 5.54. The van der Waals surface area contributed by atoms with Gasteiger partial charge in [0.1, 0.15) is 6.29 Å². The van der Waals surface area contributed by atoms with E-state index in [4.69, 9.17) is 0 Å². The van der Waals surface area contributed by atoms with Crippen molar-refractivity contribution in [3.63, 3.8) is 0 Å². The zero-order chi connectivity index (χ0) is 9.19. The van der Waals surface area contributed by atoms with E-state index in [-0.39, 0.29) is 12.0 Å². The molecule has 1 rings (SSSR count). The van der Waals surface area contributed by atoms with Crippen LogP contribution in [0, 0.1) is 0 Å². The Bertz CT molecular complexity index is 290. The summed E-state index contributed by atoms with van der Waals surface area (Å²) in [6.07, 6.45) is -1.83. The second kappa shape index (κ2) is 2.99. The Kier molecular flexibility index (Phi) is 2.20. The van der Waals surface area contributed by atoms with Gasteiger partial charge in [0, 0.05) is 12.0 Å². The number of carbonyl (C=O) groups is 1. The molecule has 12 heavy (non-hydrogen) atoms. The Hall–Kier alpha value is -1.28. The SMILES string of the molecule is O=CC1=CCC(C(F)(F)F)=C=C1. The van der Waals surface area contributed by atoms with Crippen molar-refractivity contribution >= 4 is 6.29 Å². The minimum Gasteiger partial charge on any atom is -0.298 e. The van der Waals surface area contributed by atoms with E-state index in [1.54, 1.807) is 0 Å². The summed E-state index contributed by atoms with van der Waals surface area (Å²) < 4.78 is 35.8. The number of alkyl halides is 3. The molecule has 0 saturated heterocycles. The largest absolute Gasteiger partial charge is 0.420 e. The minimum absolute atomic E-state index is 0.239. The molecule has 64 valence electrons. The first kappa shape index (κ1) is 8.81. The van der Waals surface area contributed by atoms with Gasteiger partial charge in [-0.05, 0) is 6.08 Å². The van der Waals surface area contributed by atoms with Gasteiger partial charge in [0.2, 0.25) is 0 Å². The molecule has 0 N–H and O–H groups in total. The summed E-state index contributed by atoms with van der Waals surface area (Å²) in [7, 11) is 0. The van der Waals surface area contributed by atoms with Gasteiger partial charge in [-0.2, -0.15) is 13.2 Å². The zero-order valence-electron chi connectivity index (χ0n) is 5.98. The Balaban J connectivity index is 2.91. The highest BCUT2D eigenvalue weighted by molar-refractivity contribution is 5.77. The fourth-order valence-corrected chi connectivity index (χ4v) is 0.788.